The lowest BCUT2D eigenvalue weighted by Gasteiger charge is -2.14. The summed E-state index contributed by atoms with van der Waals surface area (Å²) in [6.45, 7) is 12.3. The number of hydrogen-bond acceptors (Lipinski definition) is 5. The zero-order valence-corrected chi connectivity index (χ0v) is 22.1. The van der Waals surface area contributed by atoms with Crippen LogP contribution in [0, 0.1) is 27.7 Å². The van der Waals surface area contributed by atoms with Crippen LogP contribution in [0.5, 0.6) is 11.5 Å². The molecule has 0 saturated heterocycles. The standard InChI is InChI=1S/C30H35N3O4/c1-18-7-10-25(20(3)13-18)22(5)32-30(33-29(31)26-11-8-19(2)14-21(26)4)27-12-9-24(15-28(27)35)37-17-23(34)16-36-6/h7-15,23,34-35H,5,16-17H2,1-4,6H3,(H2,31,32,33). The van der Waals surface area contributed by atoms with Crippen molar-refractivity contribution in [3.63, 3.8) is 0 Å². The zero-order valence-electron chi connectivity index (χ0n) is 22.1. The number of aliphatic imine (C=N–C) groups is 2. The third kappa shape index (κ3) is 7.29. The number of aryl methyl sites for hydroxylation is 4. The molecule has 0 spiro atoms. The topological polar surface area (TPSA) is 110 Å². The van der Waals surface area contributed by atoms with Gasteiger partial charge in [-0.15, -0.1) is 0 Å². The molecule has 0 aliphatic heterocycles. The van der Waals surface area contributed by atoms with Crippen molar-refractivity contribution < 1.29 is 19.7 Å². The van der Waals surface area contributed by atoms with Gasteiger partial charge in [-0.1, -0.05) is 54.1 Å². The molecule has 0 aliphatic rings. The Kier molecular flexibility index (Phi) is 9.22. The molecule has 7 heteroatoms. The number of benzene rings is 3. The maximum atomic E-state index is 10.9. The first-order chi connectivity index (χ1) is 17.6. The van der Waals surface area contributed by atoms with Gasteiger partial charge in [-0.3, -0.25) is 0 Å². The number of aliphatic hydroxyl groups excluding tert-OH is 1. The Balaban J connectivity index is 2.04. The first kappa shape index (κ1) is 27.6. The van der Waals surface area contributed by atoms with Crippen molar-refractivity contribution in [2.45, 2.75) is 33.8 Å². The van der Waals surface area contributed by atoms with Gasteiger partial charge in [-0.25, -0.2) is 9.98 Å². The van der Waals surface area contributed by atoms with Crippen LogP contribution < -0.4 is 10.5 Å². The summed E-state index contributed by atoms with van der Waals surface area (Å²) in [5.74, 6) is 0.774. The highest BCUT2D eigenvalue weighted by atomic mass is 16.5. The highest BCUT2D eigenvalue weighted by Gasteiger charge is 2.15. The summed E-state index contributed by atoms with van der Waals surface area (Å²) >= 11 is 0. The van der Waals surface area contributed by atoms with Gasteiger partial charge in [-0.05, 0) is 51.0 Å². The Labute approximate surface area is 218 Å². The van der Waals surface area contributed by atoms with Crippen LogP contribution in [0.4, 0.5) is 0 Å². The van der Waals surface area contributed by atoms with E-state index in [-0.39, 0.29) is 30.6 Å². The molecular weight excluding hydrogens is 466 g/mol. The molecule has 4 N–H and O–H groups in total. The third-order valence-corrected chi connectivity index (χ3v) is 5.83. The van der Waals surface area contributed by atoms with Crippen molar-refractivity contribution >= 4 is 17.4 Å². The van der Waals surface area contributed by atoms with E-state index < -0.39 is 6.10 Å². The van der Waals surface area contributed by atoms with Crippen LogP contribution in [0.1, 0.15) is 38.9 Å². The lowest BCUT2D eigenvalue weighted by Crippen LogP contribution is -2.22. The fourth-order valence-corrected chi connectivity index (χ4v) is 3.97. The first-order valence-corrected chi connectivity index (χ1v) is 12.0. The van der Waals surface area contributed by atoms with Crippen molar-refractivity contribution in [2.75, 3.05) is 20.3 Å². The van der Waals surface area contributed by atoms with Crippen molar-refractivity contribution in [1.29, 1.82) is 0 Å². The van der Waals surface area contributed by atoms with Gasteiger partial charge in [0.05, 0.1) is 17.9 Å². The van der Waals surface area contributed by atoms with Gasteiger partial charge in [0.1, 0.15) is 30.0 Å². The number of aromatic hydroxyl groups is 1. The monoisotopic (exact) mass is 501 g/mol. The van der Waals surface area contributed by atoms with Crippen molar-refractivity contribution in [3.8, 4) is 11.5 Å². The second-order valence-corrected chi connectivity index (χ2v) is 9.12. The smallest absolute Gasteiger partial charge is 0.165 e. The Morgan fingerprint density at radius 2 is 1.46 bits per heavy atom. The fraction of sp³-hybridized carbons (Fsp3) is 0.267. The van der Waals surface area contributed by atoms with Crippen molar-refractivity contribution in [2.24, 2.45) is 15.7 Å². The lowest BCUT2D eigenvalue weighted by molar-refractivity contribution is 0.0325. The molecule has 7 nitrogen and oxygen atoms in total. The van der Waals surface area contributed by atoms with E-state index in [1.165, 1.54) is 13.2 Å². The normalized spacial score (nSPS) is 12.9. The maximum absolute atomic E-state index is 10.9. The van der Waals surface area contributed by atoms with Gasteiger partial charge in [0.15, 0.2) is 5.84 Å². The van der Waals surface area contributed by atoms with Gasteiger partial charge in [0.25, 0.3) is 0 Å². The zero-order chi connectivity index (χ0) is 27.1. The number of methoxy groups -OCH3 is 1. The van der Waals surface area contributed by atoms with E-state index in [0.29, 0.717) is 17.0 Å². The lowest BCUT2D eigenvalue weighted by atomic mass is 10.0. The summed E-state index contributed by atoms with van der Waals surface area (Å²) < 4.78 is 10.5. The molecule has 0 aliphatic carbocycles. The summed E-state index contributed by atoms with van der Waals surface area (Å²) in [4.78, 5) is 9.34. The Morgan fingerprint density at radius 3 is 2.03 bits per heavy atom. The Bertz CT molecular complexity index is 1340. The number of rotatable bonds is 9. The maximum Gasteiger partial charge on any atom is 0.165 e. The predicted octanol–water partition coefficient (Wildman–Crippen LogP) is 4.83. The number of aliphatic hydroxyl groups is 1. The summed E-state index contributed by atoms with van der Waals surface area (Å²) in [6.07, 6.45) is -0.785. The highest BCUT2D eigenvalue weighted by Crippen LogP contribution is 2.27. The van der Waals surface area contributed by atoms with Crippen molar-refractivity contribution in [3.05, 3.63) is 100 Å². The molecule has 3 aromatic carbocycles. The first-order valence-electron chi connectivity index (χ1n) is 12.0. The largest absolute Gasteiger partial charge is 0.507 e. The van der Waals surface area contributed by atoms with Crippen LogP contribution >= 0.6 is 0 Å². The van der Waals surface area contributed by atoms with E-state index in [1.807, 2.05) is 58.0 Å². The fourth-order valence-electron chi connectivity index (χ4n) is 3.97. The average molecular weight is 502 g/mol. The molecular formula is C30H35N3O4. The second-order valence-electron chi connectivity index (χ2n) is 9.12. The van der Waals surface area contributed by atoms with Crippen LogP contribution in [0.25, 0.3) is 5.70 Å². The van der Waals surface area contributed by atoms with Gasteiger partial charge in [0.2, 0.25) is 0 Å². The number of nitrogens with zero attached hydrogens (tertiary/aromatic N) is 2. The van der Waals surface area contributed by atoms with Gasteiger partial charge in [0, 0.05) is 24.3 Å². The molecule has 0 bridgehead atoms. The van der Waals surface area contributed by atoms with Gasteiger partial charge < -0.3 is 25.4 Å². The molecule has 0 heterocycles. The molecule has 0 radical (unpaired) electrons. The molecule has 37 heavy (non-hydrogen) atoms. The molecule has 194 valence electrons. The van der Waals surface area contributed by atoms with Crippen molar-refractivity contribution in [1.82, 2.24) is 0 Å². The quantitative estimate of drug-likeness (QED) is 0.287. The minimum Gasteiger partial charge on any atom is -0.507 e. The molecule has 0 saturated carbocycles. The summed E-state index contributed by atoms with van der Waals surface area (Å²) in [6, 6.07) is 16.7. The SMILES string of the molecule is C=C(N=C(N=C(N)c1ccc(C)cc1C)c1ccc(OCC(O)COC)cc1O)c1ccc(C)cc1C. The Hall–Kier alpha value is -3.94. The molecule has 1 unspecified atom stereocenters. The van der Waals surface area contributed by atoms with Gasteiger partial charge in [-0.2, -0.15) is 0 Å². The molecule has 3 aromatic rings. The predicted molar refractivity (Wildman–Crippen MR) is 150 cm³/mol. The van der Waals surface area contributed by atoms with E-state index in [1.54, 1.807) is 12.1 Å². The molecule has 3 rings (SSSR count). The molecule has 0 amide bonds. The second kappa shape index (κ2) is 12.3. The van der Waals surface area contributed by atoms with Crippen LogP contribution in [0.3, 0.4) is 0 Å². The number of ether oxygens (including phenoxy) is 2. The highest BCUT2D eigenvalue weighted by molar-refractivity contribution is 6.13. The molecule has 1 atom stereocenters. The minimum atomic E-state index is -0.785. The summed E-state index contributed by atoms with van der Waals surface area (Å²) in [7, 11) is 1.50. The van der Waals surface area contributed by atoms with E-state index in [2.05, 4.69) is 17.6 Å². The molecule has 0 aromatic heterocycles. The van der Waals surface area contributed by atoms with E-state index in [9.17, 15) is 10.2 Å². The van der Waals surface area contributed by atoms with E-state index in [0.717, 1.165) is 33.4 Å². The van der Waals surface area contributed by atoms with Crippen LogP contribution in [0.15, 0.2) is 71.2 Å². The van der Waals surface area contributed by atoms with Crippen LogP contribution in [-0.2, 0) is 4.74 Å². The summed E-state index contributed by atoms with van der Waals surface area (Å²) in [5, 5.41) is 20.7. The number of amidine groups is 2. The number of hydrogen-bond donors (Lipinski definition) is 3. The number of phenolic OH excluding ortho intramolecular Hbond substituents is 1. The summed E-state index contributed by atoms with van der Waals surface area (Å²) in [5.41, 5.74) is 13.2. The van der Waals surface area contributed by atoms with Crippen LogP contribution in [-0.4, -0.2) is 48.3 Å². The van der Waals surface area contributed by atoms with E-state index in [4.69, 9.17) is 20.2 Å². The number of phenols is 1. The van der Waals surface area contributed by atoms with E-state index >= 15 is 0 Å². The Morgan fingerprint density at radius 1 is 0.865 bits per heavy atom. The van der Waals surface area contributed by atoms with Gasteiger partial charge >= 0.3 is 0 Å². The minimum absolute atomic E-state index is 0.0227. The average Bonchev–Trinajstić information content (AvgIpc) is 2.82. The molecule has 0 fully saturated rings. The third-order valence-electron chi connectivity index (χ3n) is 5.83. The van der Waals surface area contributed by atoms with Crippen LogP contribution in [0.2, 0.25) is 0 Å². The number of nitrogens with two attached hydrogens (primary N) is 1.